The van der Waals surface area contributed by atoms with Crippen LogP contribution in [0.5, 0.6) is 0 Å². The number of esters is 2. The summed E-state index contributed by atoms with van der Waals surface area (Å²) in [5.41, 5.74) is -1.23. The predicted molar refractivity (Wildman–Crippen MR) is 56.2 cm³/mol. The van der Waals surface area contributed by atoms with Crippen molar-refractivity contribution in [1.82, 2.24) is 0 Å². The lowest BCUT2D eigenvalue weighted by Crippen LogP contribution is -2.38. The summed E-state index contributed by atoms with van der Waals surface area (Å²) in [4.78, 5) is 22.6. The summed E-state index contributed by atoms with van der Waals surface area (Å²) in [6, 6.07) is 0. The molecule has 0 aliphatic rings. The molecule has 0 aromatic rings. The van der Waals surface area contributed by atoms with Crippen LogP contribution in [0, 0.1) is 0 Å². The van der Waals surface area contributed by atoms with E-state index in [1.165, 1.54) is 19.9 Å². The van der Waals surface area contributed by atoms with Gasteiger partial charge in [-0.1, -0.05) is 13.0 Å². The normalized spacial score (nSPS) is 11.5. The van der Waals surface area contributed by atoms with Crippen LogP contribution in [-0.2, 0) is 19.1 Å². The predicted octanol–water partition coefficient (Wildman–Crippen LogP) is 1.84. The van der Waals surface area contributed by atoms with Crippen molar-refractivity contribution >= 4 is 11.9 Å². The van der Waals surface area contributed by atoms with Gasteiger partial charge in [0, 0.05) is 6.08 Å². The van der Waals surface area contributed by atoms with Crippen LogP contribution < -0.4 is 0 Å². The van der Waals surface area contributed by atoms with E-state index < -0.39 is 17.5 Å². The summed E-state index contributed by atoms with van der Waals surface area (Å²) in [6.07, 6.45) is 3.72. The van der Waals surface area contributed by atoms with Gasteiger partial charge in [-0.05, 0) is 27.2 Å². The van der Waals surface area contributed by atoms with Gasteiger partial charge < -0.3 is 9.47 Å². The van der Waals surface area contributed by atoms with Crippen LogP contribution in [0.1, 0.15) is 34.1 Å². The van der Waals surface area contributed by atoms with Gasteiger partial charge in [0.2, 0.25) is 5.60 Å². The van der Waals surface area contributed by atoms with Gasteiger partial charge in [0.05, 0.1) is 6.61 Å². The monoisotopic (exact) mass is 214 g/mol. The Kier molecular flexibility index (Phi) is 5.67. The summed E-state index contributed by atoms with van der Waals surface area (Å²) in [6.45, 7) is 6.88. The third-order valence-corrected chi connectivity index (χ3v) is 1.61. The highest BCUT2D eigenvalue weighted by Crippen LogP contribution is 2.12. The largest absolute Gasteiger partial charge is 0.463 e. The van der Waals surface area contributed by atoms with Crippen molar-refractivity contribution in [3.63, 3.8) is 0 Å². The zero-order valence-corrected chi connectivity index (χ0v) is 9.70. The van der Waals surface area contributed by atoms with E-state index in [9.17, 15) is 9.59 Å². The van der Waals surface area contributed by atoms with Crippen LogP contribution in [0.15, 0.2) is 12.2 Å². The summed E-state index contributed by atoms with van der Waals surface area (Å²) < 4.78 is 9.73. The van der Waals surface area contributed by atoms with Crippen molar-refractivity contribution in [2.24, 2.45) is 0 Å². The van der Waals surface area contributed by atoms with Gasteiger partial charge in [-0.15, -0.1) is 0 Å². The minimum absolute atomic E-state index is 0.268. The Balaban J connectivity index is 4.30. The lowest BCUT2D eigenvalue weighted by Gasteiger charge is -2.21. The maximum absolute atomic E-state index is 11.4. The number of allylic oxidation sites excluding steroid dienone is 1. The van der Waals surface area contributed by atoms with Crippen LogP contribution in [0.4, 0.5) is 0 Å². The molecule has 0 saturated heterocycles. The highest BCUT2D eigenvalue weighted by atomic mass is 16.6. The zero-order valence-electron chi connectivity index (χ0n) is 9.70. The molecule has 0 saturated carbocycles. The minimum atomic E-state index is -1.23. The fraction of sp³-hybridized carbons (Fsp3) is 0.636. The molecule has 0 aromatic carbocycles. The molecule has 86 valence electrons. The first-order valence-electron chi connectivity index (χ1n) is 5.00. The fourth-order valence-corrected chi connectivity index (χ4v) is 0.846. The molecule has 15 heavy (non-hydrogen) atoms. The maximum Gasteiger partial charge on any atom is 0.350 e. The molecule has 0 heterocycles. The molecule has 0 fully saturated rings. The molecule has 0 spiro atoms. The van der Waals surface area contributed by atoms with E-state index in [4.69, 9.17) is 9.47 Å². The average Bonchev–Trinajstić information content (AvgIpc) is 2.14. The molecular formula is C11H18O4. The molecule has 0 aromatic heterocycles. The van der Waals surface area contributed by atoms with E-state index in [0.717, 1.165) is 6.42 Å². The Morgan fingerprint density at radius 3 is 2.33 bits per heavy atom. The minimum Gasteiger partial charge on any atom is -0.463 e. The van der Waals surface area contributed by atoms with Crippen LogP contribution in [-0.4, -0.2) is 24.1 Å². The molecule has 0 aliphatic carbocycles. The summed E-state index contributed by atoms with van der Waals surface area (Å²) in [5, 5.41) is 0. The Labute approximate surface area is 90.2 Å². The third kappa shape index (κ3) is 5.20. The molecule has 0 N–H and O–H groups in total. The van der Waals surface area contributed by atoms with Crippen LogP contribution in [0.2, 0.25) is 0 Å². The van der Waals surface area contributed by atoms with Crippen molar-refractivity contribution in [3.05, 3.63) is 12.2 Å². The second-order valence-corrected chi connectivity index (χ2v) is 3.46. The number of ether oxygens (including phenoxy) is 2. The molecule has 0 unspecified atom stereocenters. The van der Waals surface area contributed by atoms with Gasteiger partial charge in [0.15, 0.2) is 0 Å². The zero-order chi connectivity index (χ0) is 11.9. The first-order chi connectivity index (χ1) is 6.94. The molecule has 0 atom stereocenters. The van der Waals surface area contributed by atoms with Gasteiger partial charge in [0.1, 0.15) is 0 Å². The van der Waals surface area contributed by atoms with Crippen LogP contribution >= 0.6 is 0 Å². The van der Waals surface area contributed by atoms with Crippen molar-refractivity contribution < 1.29 is 19.1 Å². The molecule has 0 radical (unpaired) electrons. The Bertz CT molecular complexity index is 253. The molecule has 0 aliphatic heterocycles. The molecular weight excluding hydrogens is 196 g/mol. The topological polar surface area (TPSA) is 52.6 Å². The van der Waals surface area contributed by atoms with Gasteiger partial charge in [0.25, 0.3) is 0 Å². The highest BCUT2D eigenvalue weighted by molar-refractivity contribution is 5.87. The number of hydrogen-bond acceptors (Lipinski definition) is 4. The SMILES string of the molecule is CCC=CC(=O)OC(C)(C)C(=O)OCC. The first-order valence-corrected chi connectivity index (χ1v) is 5.00. The Morgan fingerprint density at radius 1 is 1.27 bits per heavy atom. The summed E-state index contributed by atoms with van der Waals surface area (Å²) >= 11 is 0. The third-order valence-electron chi connectivity index (χ3n) is 1.61. The molecule has 0 rings (SSSR count). The Morgan fingerprint density at radius 2 is 1.87 bits per heavy atom. The van der Waals surface area contributed by atoms with E-state index in [1.807, 2.05) is 6.92 Å². The summed E-state index contributed by atoms with van der Waals surface area (Å²) in [7, 11) is 0. The number of carbonyl (C=O) groups is 2. The molecule has 4 nitrogen and oxygen atoms in total. The van der Waals surface area contributed by atoms with Crippen LogP contribution in [0.25, 0.3) is 0 Å². The molecule has 0 amide bonds. The van der Waals surface area contributed by atoms with Gasteiger partial charge in [-0.2, -0.15) is 0 Å². The molecule has 0 bridgehead atoms. The average molecular weight is 214 g/mol. The smallest absolute Gasteiger partial charge is 0.350 e. The highest BCUT2D eigenvalue weighted by Gasteiger charge is 2.32. The van der Waals surface area contributed by atoms with E-state index in [1.54, 1.807) is 13.0 Å². The lowest BCUT2D eigenvalue weighted by molar-refractivity contribution is -0.175. The van der Waals surface area contributed by atoms with Gasteiger partial charge >= 0.3 is 11.9 Å². The Hall–Kier alpha value is -1.32. The van der Waals surface area contributed by atoms with Crippen molar-refractivity contribution in [1.29, 1.82) is 0 Å². The standard InChI is InChI=1S/C11H18O4/c1-5-7-8-9(12)15-11(3,4)10(13)14-6-2/h7-8H,5-6H2,1-4H3. The van der Waals surface area contributed by atoms with Gasteiger partial charge in [-0.3, -0.25) is 0 Å². The van der Waals surface area contributed by atoms with Crippen LogP contribution in [0.3, 0.4) is 0 Å². The first kappa shape index (κ1) is 13.7. The second-order valence-electron chi connectivity index (χ2n) is 3.46. The number of carbonyl (C=O) groups excluding carboxylic acids is 2. The van der Waals surface area contributed by atoms with Gasteiger partial charge in [-0.25, -0.2) is 9.59 Å². The molecule has 4 heteroatoms. The fourth-order valence-electron chi connectivity index (χ4n) is 0.846. The van der Waals surface area contributed by atoms with Crippen molar-refractivity contribution in [2.75, 3.05) is 6.61 Å². The van der Waals surface area contributed by atoms with Crippen molar-refractivity contribution in [2.45, 2.75) is 39.7 Å². The quantitative estimate of drug-likeness (QED) is 0.517. The number of rotatable bonds is 5. The van der Waals surface area contributed by atoms with E-state index in [2.05, 4.69) is 0 Å². The number of hydrogen-bond donors (Lipinski definition) is 0. The second kappa shape index (κ2) is 6.22. The summed E-state index contributed by atoms with van der Waals surface area (Å²) in [5.74, 6) is -1.07. The van der Waals surface area contributed by atoms with E-state index >= 15 is 0 Å². The lowest BCUT2D eigenvalue weighted by atomic mass is 10.1. The van der Waals surface area contributed by atoms with E-state index in [-0.39, 0.29) is 6.61 Å². The van der Waals surface area contributed by atoms with Crippen molar-refractivity contribution in [3.8, 4) is 0 Å². The van der Waals surface area contributed by atoms with E-state index in [0.29, 0.717) is 0 Å². The maximum atomic E-state index is 11.4.